The van der Waals surface area contributed by atoms with Gasteiger partial charge in [0.2, 0.25) is 0 Å². The first-order valence-electron chi connectivity index (χ1n) is 1.87. The molecule has 0 aromatic heterocycles. The molecule has 0 fully saturated rings. The third kappa shape index (κ3) is 2.03. The molecule has 0 radical (unpaired) electrons. The molecule has 0 unspecified atom stereocenters. The van der Waals surface area contributed by atoms with E-state index in [4.69, 9.17) is 6.57 Å². The molecule has 0 heterocycles. The summed E-state index contributed by atoms with van der Waals surface area (Å²) in [5.74, 6) is 0. The van der Waals surface area contributed by atoms with Gasteiger partial charge in [0.25, 0.3) is 0 Å². The fourth-order valence-electron chi connectivity index (χ4n) is 0.206. The Morgan fingerprint density at radius 2 is 2.00 bits per heavy atom. The zero-order valence-electron chi connectivity index (χ0n) is 4.71. The van der Waals surface area contributed by atoms with Gasteiger partial charge in [-0.15, -0.1) is 4.95 Å². The lowest BCUT2D eigenvalue weighted by molar-refractivity contribution is 0.243. The number of nitrogens with zero attached hydrogens (tertiary/aromatic N) is 2. The van der Waals surface area contributed by atoms with Crippen LogP contribution in [0.3, 0.4) is 0 Å². The van der Waals surface area contributed by atoms with Gasteiger partial charge in [0.15, 0.2) is 5.10 Å². The van der Waals surface area contributed by atoms with Crippen LogP contribution in [0.2, 0.25) is 0 Å². The maximum atomic E-state index is 6.22. The van der Waals surface area contributed by atoms with E-state index in [1.807, 2.05) is 0 Å². The Balaban J connectivity index is 3.72. The Hall–Kier alpha value is -1.24. The van der Waals surface area contributed by atoms with Crippen LogP contribution in [0.1, 0.15) is 0 Å². The molecule has 4 nitrogen and oxygen atoms in total. The predicted molar refractivity (Wildman–Crippen MR) is 28.1 cm³/mol. The summed E-state index contributed by atoms with van der Waals surface area (Å²) in [7, 11) is 2.76. The first-order chi connectivity index (χ1) is 3.85. The van der Waals surface area contributed by atoms with Gasteiger partial charge in [-0.25, -0.2) is 0 Å². The second-order valence-electron chi connectivity index (χ2n) is 0.874. The molecule has 0 amide bonds. The van der Waals surface area contributed by atoms with Crippen LogP contribution in [0.5, 0.6) is 0 Å². The molecule has 0 aliphatic heterocycles. The SMILES string of the molecule is [C-]#[N+]N=C(OC)OC. The first kappa shape index (κ1) is 6.76. The normalized spacial score (nSPS) is 6.62. The highest BCUT2D eigenvalue weighted by molar-refractivity contribution is 5.66. The highest BCUT2D eigenvalue weighted by Gasteiger charge is 1.95. The minimum absolute atomic E-state index is 0.0139. The Morgan fingerprint density at radius 1 is 1.50 bits per heavy atom. The molecule has 0 aromatic rings. The van der Waals surface area contributed by atoms with Crippen molar-refractivity contribution >= 4 is 6.08 Å². The molecular formula is C4H6N2O2. The summed E-state index contributed by atoms with van der Waals surface area (Å²) in [4.78, 5) is 2.67. The summed E-state index contributed by atoms with van der Waals surface area (Å²) >= 11 is 0. The van der Waals surface area contributed by atoms with Gasteiger partial charge in [-0.2, -0.15) is 6.57 Å². The second-order valence-corrected chi connectivity index (χ2v) is 0.874. The van der Waals surface area contributed by atoms with E-state index in [-0.39, 0.29) is 6.08 Å². The molecule has 44 valence electrons. The summed E-state index contributed by atoms with van der Waals surface area (Å²) in [5, 5.41) is 3.12. The van der Waals surface area contributed by atoms with Crippen molar-refractivity contribution in [2.24, 2.45) is 5.10 Å². The van der Waals surface area contributed by atoms with Gasteiger partial charge in [-0.3, -0.25) is 0 Å². The minimum Gasteiger partial charge on any atom is -0.449 e. The molecule has 0 aromatic carbocycles. The van der Waals surface area contributed by atoms with Crippen molar-refractivity contribution in [1.82, 2.24) is 0 Å². The summed E-state index contributed by atoms with van der Waals surface area (Å²) in [6.45, 7) is 6.22. The standard InChI is InChI=1S/C4H6N2O2/c1-5-6-4(7-2)8-3/h2-3H3. The van der Waals surface area contributed by atoms with Crippen LogP contribution >= 0.6 is 0 Å². The van der Waals surface area contributed by atoms with Gasteiger partial charge in [0.05, 0.1) is 14.2 Å². The summed E-state index contributed by atoms with van der Waals surface area (Å²) in [5.41, 5.74) is 0. The third-order valence-corrected chi connectivity index (χ3v) is 0.481. The number of ether oxygens (including phenoxy) is 2. The van der Waals surface area contributed by atoms with Gasteiger partial charge in [-0.1, -0.05) is 0 Å². The van der Waals surface area contributed by atoms with Crippen molar-refractivity contribution in [3.8, 4) is 0 Å². The van der Waals surface area contributed by atoms with Crippen LogP contribution in [0.15, 0.2) is 5.10 Å². The second kappa shape index (κ2) is 3.93. The van der Waals surface area contributed by atoms with E-state index >= 15 is 0 Å². The molecule has 0 aliphatic carbocycles. The molecule has 8 heavy (non-hydrogen) atoms. The highest BCUT2D eigenvalue weighted by atomic mass is 16.7. The van der Waals surface area contributed by atoms with Crippen LogP contribution in [-0.4, -0.2) is 20.3 Å². The molecule has 0 saturated carbocycles. The van der Waals surface area contributed by atoms with Crippen LogP contribution in [-0.2, 0) is 9.47 Å². The molecule has 0 spiro atoms. The minimum atomic E-state index is -0.0139. The molecule has 0 rings (SSSR count). The van der Waals surface area contributed by atoms with Crippen molar-refractivity contribution in [2.75, 3.05) is 14.2 Å². The van der Waals surface area contributed by atoms with Crippen LogP contribution in [0.4, 0.5) is 0 Å². The van der Waals surface area contributed by atoms with Gasteiger partial charge in [0, 0.05) is 0 Å². The maximum Gasteiger partial charge on any atom is 0.463 e. The van der Waals surface area contributed by atoms with Crippen LogP contribution in [0, 0.1) is 6.57 Å². The molecular weight excluding hydrogens is 108 g/mol. The zero-order valence-corrected chi connectivity index (χ0v) is 4.71. The lowest BCUT2D eigenvalue weighted by atomic mass is 11.2. The van der Waals surface area contributed by atoms with E-state index in [0.29, 0.717) is 0 Å². The van der Waals surface area contributed by atoms with Gasteiger partial charge in [-0.05, 0) is 0 Å². The zero-order chi connectivity index (χ0) is 6.41. The Labute approximate surface area is 47.5 Å². The van der Waals surface area contributed by atoms with Crippen molar-refractivity contribution in [2.45, 2.75) is 0 Å². The summed E-state index contributed by atoms with van der Waals surface area (Å²) < 4.78 is 8.91. The molecule has 0 aliphatic rings. The van der Waals surface area contributed by atoms with Gasteiger partial charge >= 0.3 is 6.08 Å². The van der Waals surface area contributed by atoms with E-state index in [2.05, 4.69) is 19.5 Å². The van der Waals surface area contributed by atoms with Crippen molar-refractivity contribution in [1.29, 1.82) is 0 Å². The van der Waals surface area contributed by atoms with E-state index in [9.17, 15) is 0 Å². The number of rotatable bonds is 0. The Kier molecular flexibility index (Phi) is 3.32. The van der Waals surface area contributed by atoms with Gasteiger partial charge in [0.1, 0.15) is 0 Å². The van der Waals surface area contributed by atoms with Crippen molar-refractivity contribution < 1.29 is 9.47 Å². The van der Waals surface area contributed by atoms with E-state index < -0.39 is 0 Å². The van der Waals surface area contributed by atoms with E-state index in [1.165, 1.54) is 14.2 Å². The predicted octanol–water partition coefficient (Wildman–Crippen LogP) is 0.469. The van der Waals surface area contributed by atoms with Crippen molar-refractivity contribution in [3.63, 3.8) is 0 Å². The quantitative estimate of drug-likeness (QED) is 0.198. The Bertz CT molecular complexity index is 118. The fourth-order valence-corrected chi connectivity index (χ4v) is 0.206. The largest absolute Gasteiger partial charge is 0.463 e. The fraction of sp³-hybridized carbons (Fsp3) is 0.500. The third-order valence-electron chi connectivity index (χ3n) is 0.481. The smallest absolute Gasteiger partial charge is 0.449 e. The molecule has 0 bridgehead atoms. The topological polar surface area (TPSA) is 35.2 Å². The molecule has 0 atom stereocenters. The highest BCUT2D eigenvalue weighted by Crippen LogP contribution is 1.79. The Morgan fingerprint density at radius 3 is 2.12 bits per heavy atom. The molecule has 0 N–H and O–H groups in total. The molecule has 0 saturated heterocycles. The number of hydrogen-bond acceptors (Lipinski definition) is 3. The summed E-state index contributed by atoms with van der Waals surface area (Å²) in [6.07, 6.45) is -0.0139. The average molecular weight is 114 g/mol. The lowest BCUT2D eigenvalue weighted by Gasteiger charge is -1.92. The number of methoxy groups -OCH3 is 2. The summed E-state index contributed by atoms with van der Waals surface area (Å²) in [6, 6.07) is 0. The van der Waals surface area contributed by atoms with Gasteiger partial charge < -0.3 is 9.47 Å². The first-order valence-corrected chi connectivity index (χ1v) is 1.87. The number of hydrogen-bond donors (Lipinski definition) is 0. The van der Waals surface area contributed by atoms with Crippen LogP contribution in [0.25, 0.3) is 4.95 Å². The lowest BCUT2D eigenvalue weighted by Crippen LogP contribution is -2.01. The van der Waals surface area contributed by atoms with Crippen LogP contribution < -0.4 is 0 Å². The molecule has 4 heteroatoms. The monoisotopic (exact) mass is 114 g/mol. The van der Waals surface area contributed by atoms with Crippen molar-refractivity contribution in [3.05, 3.63) is 11.5 Å². The van der Waals surface area contributed by atoms with E-state index in [0.717, 1.165) is 0 Å². The average Bonchev–Trinajstić information content (AvgIpc) is 1.83. The maximum absolute atomic E-state index is 6.22. The van der Waals surface area contributed by atoms with E-state index in [1.54, 1.807) is 0 Å².